The topological polar surface area (TPSA) is 52.6 Å². The molecule has 0 radical (unpaired) electrons. The lowest BCUT2D eigenvalue weighted by molar-refractivity contribution is -0.132. The summed E-state index contributed by atoms with van der Waals surface area (Å²) in [5.41, 5.74) is 0. The number of carbonyl (C=O) groups is 1. The van der Waals surface area contributed by atoms with Gasteiger partial charge in [-0.2, -0.15) is 0 Å². The Hall–Kier alpha value is -0.610. The second-order valence-electron chi connectivity index (χ2n) is 5.05. The van der Waals surface area contributed by atoms with Gasteiger partial charge in [-0.1, -0.05) is 6.92 Å². The van der Waals surface area contributed by atoms with Crippen LogP contribution in [0.15, 0.2) is 0 Å². The molecule has 2 unspecified atom stereocenters. The molecule has 0 spiro atoms. The summed E-state index contributed by atoms with van der Waals surface area (Å²) >= 11 is 0. The van der Waals surface area contributed by atoms with Crippen molar-refractivity contribution in [1.29, 1.82) is 0 Å². The van der Waals surface area contributed by atoms with Crippen molar-refractivity contribution >= 4 is 5.91 Å². The quantitative estimate of drug-likeness (QED) is 0.730. The number of hydrogen-bond acceptors (Lipinski definition) is 3. The Morgan fingerprint density at radius 3 is 3.00 bits per heavy atom. The van der Waals surface area contributed by atoms with E-state index in [0.717, 1.165) is 38.8 Å². The number of likely N-dealkylation sites (tertiary alicyclic amines) is 1. The third-order valence-electron chi connectivity index (χ3n) is 3.62. The number of rotatable bonds is 6. The van der Waals surface area contributed by atoms with Crippen LogP contribution in [0.2, 0.25) is 0 Å². The molecule has 0 saturated carbocycles. The molecule has 0 aromatic rings. The van der Waals surface area contributed by atoms with E-state index in [0.29, 0.717) is 18.5 Å². The van der Waals surface area contributed by atoms with Crippen LogP contribution in [0.1, 0.15) is 39.5 Å². The molecular weight excluding hydrogens is 216 g/mol. The van der Waals surface area contributed by atoms with E-state index in [2.05, 4.69) is 19.2 Å². The maximum absolute atomic E-state index is 12.0. The first-order valence-electron chi connectivity index (χ1n) is 6.79. The van der Waals surface area contributed by atoms with Crippen molar-refractivity contribution in [2.75, 3.05) is 26.2 Å². The van der Waals surface area contributed by atoms with Crippen molar-refractivity contribution in [2.45, 2.75) is 45.6 Å². The van der Waals surface area contributed by atoms with Crippen molar-refractivity contribution in [3.8, 4) is 0 Å². The zero-order valence-electron chi connectivity index (χ0n) is 11.1. The van der Waals surface area contributed by atoms with Crippen molar-refractivity contribution in [3.05, 3.63) is 0 Å². The van der Waals surface area contributed by atoms with Gasteiger partial charge in [0.15, 0.2) is 0 Å². The molecule has 1 aliphatic rings. The van der Waals surface area contributed by atoms with Gasteiger partial charge in [-0.15, -0.1) is 0 Å². The average Bonchev–Trinajstić information content (AvgIpc) is 2.36. The van der Waals surface area contributed by atoms with Crippen LogP contribution >= 0.6 is 0 Å². The lowest BCUT2D eigenvalue weighted by Gasteiger charge is -2.33. The molecule has 1 amide bonds. The van der Waals surface area contributed by atoms with E-state index in [-0.39, 0.29) is 12.5 Å². The first kappa shape index (κ1) is 14.5. The zero-order valence-corrected chi connectivity index (χ0v) is 11.1. The second kappa shape index (κ2) is 7.67. The molecule has 1 rings (SSSR count). The fraction of sp³-hybridized carbons (Fsp3) is 0.923. The van der Waals surface area contributed by atoms with Gasteiger partial charge in [-0.05, 0) is 38.5 Å². The summed E-state index contributed by atoms with van der Waals surface area (Å²) in [6, 6.07) is 0.400. The Kier molecular flexibility index (Phi) is 6.52. The summed E-state index contributed by atoms with van der Waals surface area (Å²) in [7, 11) is 0. The van der Waals surface area contributed by atoms with E-state index in [1.165, 1.54) is 0 Å². The predicted molar refractivity (Wildman–Crippen MR) is 68.8 cm³/mol. The highest BCUT2D eigenvalue weighted by Gasteiger charge is 2.22. The van der Waals surface area contributed by atoms with Crippen LogP contribution in [0, 0.1) is 5.92 Å². The van der Waals surface area contributed by atoms with Crippen LogP contribution in [0.4, 0.5) is 0 Å². The number of nitrogens with zero attached hydrogens (tertiary/aromatic N) is 1. The molecule has 1 heterocycles. The number of carbonyl (C=O) groups excluding carboxylic acids is 1. The fourth-order valence-corrected chi connectivity index (χ4v) is 2.23. The van der Waals surface area contributed by atoms with Crippen molar-refractivity contribution < 1.29 is 9.90 Å². The van der Waals surface area contributed by atoms with E-state index in [1.807, 2.05) is 4.90 Å². The molecule has 1 aliphatic heterocycles. The Balaban J connectivity index is 2.30. The third-order valence-corrected chi connectivity index (χ3v) is 3.62. The summed E-state index contributed by atoms with van der Waals surface area (Å²) in [6.07, 6.45) is 4.08. The fourth-order valence-electron chi connectivity index (χ4n) is 2.23. The summed E-state index contributed by atoms with van der Waals surface area (Å²) in [5.74, 6) is 0.689. The maximum atomic E-state index is 12.0. The largest absolute Gasteiger partial charge is 0.396 e. The second-order valence-corrected chi connectivity index (χ2v) is 5.05. The number of aliphatic hydroxyl groups excluding tert-OH is 1. The number of piperidine rings is 1. The molecule has 0 aromatic heterocycles. The molecule has 0 aromatic carbocycles. The summed E-state index contributed by atoms with van der Waals surface area (Å²) in [6.45, 7) is 6.58. The van der Waals surface area contributed by atoms with Gasteiger partial charge in [-0.25, -0.2) is 0 Å². The Labute approximate surface area is 104 Å². The molecule has 4 nitrogen and oxygen atoms in total. The summed E-state index contributed by atoms with van der Waals surface area (Å²) in [5, 5.41) is 12.2. The van der Waals surface area contributed by atoms with Crippen LogP contribution in [0.25, 0.3) is 0 Å². The minimum atomic E-state index is 0.202. The summed E-state index contributed by atoms with van der Waals surface area (Å²) < 4.78 is 0. The van der Waals surface area contributed by atoms with Crippen molar-refractivity contribution in [1.82, 2.24) is 10.2 Å². The molecular formula is C13H26N2O2. The first-order chi connectivity index (χ1) is 8.17. The van der Waals surface area contributed by atoms with Crippen LogP contribution in [0.3, 0.4) is 0 Å². The summed E-state index contributed by atoms with van der Waals surface area (Å²) in [4.78, 5) is 13.9. The monoisotopic (exact) mass is 242 g/mol. The van der Waals surface area contributed by atoms with Crippen LogP contribution < -0.4 is 5.32 Å². The predicted octanol–water partition coefficient (Wildman–Crippen LogP) is 0.995. The number of nitrogens with one attached hydrogen (secondary N) is 1. The molecule has 1 saturated heterocycles. The van der Waals surface area contributed by atoms with Gasteiger partial charge in [0.2, 0.25) is 5.91 Å². The lowest BCUT2D eigenvalue weighted by atomic mass is 9.95. The highest BCUT2D eigenvalue weighted by Crippen LogP contribution is 2.19. The molecule has 4 heteroatoms. The number of amides is 1. The number of aliphatic hydroxyl groups is 1. The Morgan fingerprint density at radius 1 is 1.59 bits per heavy atom. The minimum absolute atomic E-state index is 0.202. The first-order valence-corrected chi connectivity index (χ1v) is 6.79. The van der Waals surface area contributed by atoms with Gasteiger partial charge < -0.3 is 15.3 Å². The molecule has 0 aliphatic carbocycles. The molecule has 1 fully saturated rings. The van der Waals surface area contributed by atoms with Gasteiger partial charge in [0.1, 0.15) is 0 Å². The SMILES string of the molecule is CCC(C)NCC(=O)N1CCCC(CCO)C1. The van der Waals surface area contributed by atoms with Crippen molar-refractivity contribution in [3.63, 3.8) is 0 Å². The molecule has 100 valence electrons. The molecule has 2 N–H and O–H groups in total. The van der Waals surface area contributed by atoms with E-state index in [4.69, 9.17) is 5.11 Å². The molecule has 2 atom stereocenters. The smallest absolute Gasteiger partial charge is 0.236 e. The van der Waals surface area contributed by atoms with Gasteiger partial charge >= 0.3 is 0 Å². The average molecular weight is 242 g/mol. The van der Waals surface area contributed by atoms with Gasteiger partial charge in [0, 0.05) is 25.7 Å². The van der Waals surface area contributed by atoms with Crippen LogP contribution in [-0.4, -0.2) is 48.2 Å². The Bertz CT molecular complexity index is 231. The van der Waals surface area contributed by atoms with Gasteiger partial charge in [0.25, 0.3) is 0 Å². The van der Waals surface area contributed by atoms with E-state index >= 15 is 0 Å². The minimum Gasteiger partial charge on any atom is -0.396 e. The highest BCUT2D eigenvalue weighted by molar-refractivity contribution is 5.78. The molecule has 17 heavy (non-hydrogen) atoms. The Morgan fingerprint density at radius 2 is 2.35 bits per heavy atom. The third kappa shape index (κ3) is 5.04. The van der Waals surface area contributed by atoms with Gasteiger partial charge in [-0.3, -0.25) is 4.79 Å². The zero-order chi connectivity index (χ0) is 12.7. The van der Waals surface area contributed by atoms with Crippen molar-refractivity contribution in [2.24, 2.45) is 5.92 Å². The van der Waals surface area contributed by atoms with E-state index < -0.39 is 0 Å². The highest BCUT2D eigenvalue weighted by atomic mass is 16.3. The van der Waals surface area contributed by atoms with Gasteiger partial charge in [0.05, 0.1) is 6.54 Å². The maximum Gasteiger partial charge on any atom is 0.236 e. The lowest BCUT2D eigenvalue weighted by Crippen LogP contribution is -2.45. The van der Waals surface area contributed by atoms with E-state index in [9.17, 15) is 4.79 Å². The van der Waals surface area contributed by atoms with Crippen LogP contribution in [0.5, 0.6) is 0 Å². The molecule has 0 bridgehead atoms. The number of hydrogen-bond donors (Lipinski definition) is 2. The van der Waals surface area contributed by atoms with Crippen LogP contribution in [-0.2, 0) is 4.79 Å². The standard InChI is InChI=1S/C13H26N2O2/c1-3-11(2)14-9-13(17)15-7-4-5-12(10-15)6-8-16/h11-12,14,16H,3-10H2,1-2H3. The van der Waals surface area contributed by atoms with E-state index in [1.54, 1.807) is 0 Å². The normalized spacial score (nSPS) is 22.5.